The van der Waals surface area contributed by atoms with Gasteiger partial charge in [-0.2, -0.15) is 0 Å². The van der Waals surface area contributed by atoms with Gasteiger partial charge in [0.25, 0.3) is 5.56 Å². The standard InChI is InChI=1S/C29H30FN3O3/c1-17-15-22(18(2)31-24-10-8-7-9-21(24)28(35)36-29(3,4)5)25-23(16-17)27(34)33(6)26(32-25)19-11-13-20(30)14-12-19/h7-16,18,31H,1-6H3. The number of nitrogens with one attached hydrogen (secondary N) is 1. The Bertz CT molecular complexity index is 1500. The summed E-state index contributed by atoms with van der Waals surface area (Å²) in [4.78, 5) is 31.0. The van der Waals surface area contributed by atoms with Crippen LogP contribution in [0.4, 0.5) is 10.1 Å². The first-order chi connectivity index (χ1) is 16.9. The van der Waals surface area contributed by atoms with Gasteiger partial charge in [0.1, 0.15) is 17.2 Å². The van der Waals surface area contributed by atoms with Crippen molar-refractivity contribution in [1.82, 2.24) is 9.55 Å². The van der Waals surface area contributed by atoms with Gasteiger partial charge in [0, 0.05) is 23.9 Å². The van der Waals surface area contributed by atoms with Gasteiger partial charge in [0.15, 0.2) is 0 Å². The molecule has 186 valence electrons. The van der Waals surface area contributed by atoms with E-state index in [9.17, 15) is 14.0 Å². The zero-order chi connectivity index (χ0) is 26.2. The number of aromatic nitrogens is 2. The third-order valence-electron chi connectivity index (χ3n) is 5.84. The maximum Gasteiger partial charge on any atom is 0.340 e. The molecule has 7 heteroatoms. The third-order valence-corrected chi connectivity index (χ3v) is 5.84. The predicted octanol–water partition coefficient (Wildman–Crippen LogP) is 6.18. The molecule has 0 fully saturated rings. The molecule has 0 saturated carbocycles. The number of ether oxygens (including phenoxy) is 1. The van der Waals surface area contributed by atoms with Crippen LogP contribution in [0.15, 0.2) is 65.5 Å². The molecular weight excluding hydrogens is 457 g/mol. The lowest BCUT2D eigenvalue weighted by molar-refractivity contribution is 0.00706. The van der Waals surface area contributed by atoms with Crippen molar-refractivity contribution in [2.45, 2.75) is 46.3 Å². The van der Waals surface area contributed by atoms with Gasteiger partial charge in [-0.05, 0) is 82.6 Å². The van der Waals surface area contributed by atoms with Crippen molar-refractivity contribution in [3.8, 4) is 11.4 Å². The molecule has 0 bridgehead atoms. The molecule has 36 heavy (non-hydrogen) atoms. The molecule has 1 heterocycles. The second kappa shape index (κ2) is 9.57. The summed E-state index contributed by atoms with van der Waals surface area (Å²) >= 11 is 0. The van der Waals surface area contributed by atoms with Gasteiger partial charge < -0.3 is 10.1 Å². The summed E-state index contributed by atoms with van der Waals surface area (Å²) in [5.74, 6) is -0.334. The average Bonchev–Trinajstić information content (AvgIpc) is 2.81. The van der Waals surface area contributed by atoms with Gasteiger partial charge in [-0.3, -0.25) is 9.36 Å². The number of aryl methyl sites for hydroxylation is 1. The lowest BCUT2D eigenvalue weighted by Gasteiger charge is -2.23. The van der Waals surface area contributed by atoms with Crippen LogP contribution in [-0.2, 0) is 11.8 Å². The molecule has 4 aromatic rings. The van der Waals surface area contributed by atoms with Crippen LogP contribution in [0.25, 0.3) is 22.3 Å². The highest BCUT2D eigenvalue weighted by molar-refractivity contribution is 5.96. The van der Waals surface area contributed by atoms with Crippen LogP contribution >= 0.6 is 0 Å². The number of halogens is 1. The fourth-order valence-electron chi connectivity index (χ4n) is 4.17. The second-order valence-electron chi connectivity index (χ2n) is 9.97. The average molecular weight is 488 g/mol. The molecule has 0 radical (unpaired) electrons. The number of hydrogen-bond donors (Lipinski definition) is 1. The first kappa shape index (κ1) is 25.1. The van der Waals surface area contributed by atoms with E-state index in [0.29, 0.717) is 33.5 Å². The monoisotopic (exact) mass is 487 g/mol. The van der Waals surface area contributed by atoms with Crippen LogP contribution in [0.1, 0.15) is 55.2 Å². The molecule has 1 aromatic heterocycles. The van der Waals surface area contributed by atoms with Gasteiger partial charge in [0.05, 0.1) is 22.5 Å². The highest BCUT2D eigenvalue weighted by Gasteiger charge is 2.22. The number of esters is 1. The van der Waals surface area contributed by atoms with E-state index in [2.05, 4.69) is 5.32 Å². The number of para-hydroxylation sites is 1. The van der Waals surface area contributed by atoms with Crippen molar-refractivity contribution in [1.29, 1.82) is 0 Å². The highest BCUT2D eigenvalue weighted by atomic mass is 19.1. The molecular formula is C29H30FN3O3. The molecule has 0 amide bonds. The largest absolute Gasteiger partial charge is 0.456 e. The van der Waals surface area contributed by atoms with Gasteiger partial charge in [-0.25, -0.2) is 14.2 Å². The van der Waals surface area contributed by atoms with Gasteiger partial charge >= 0.3 is 5.97 Å². The Kier molecular flexibility index (Phi) is 6.67. The number of rotatable bonds is 5. The molecule has 1 unspecified atom stereocenters. The molecule has 6 nitrogen and oxygen atoms in total. The van der Waals surface area contributed by atoms with Crippen molar-refractivity contribution in [3.63, 3.8) is 0 Å². The summed E-state index contributed by atoms with van der Waals surface area (Å²) in [6.45, 7) is 9.36. The highest BCUT2D eigenvalue weighted by Crippen LogP contribution is 2.30. The minimum atomic E-state index is -0.622. The predicted molar refractivity (Wildman–Crippen MR) is 141 cm³/mol. The van der Waals surface area contributed by atoms with Crippen LogP contribution in [-0.4, -0.2) is 21.1 Å². The van der Waals surface area contributed by atoms with E-state index in [-0.39, 0.29) is 17.4 Å². The minimum absolute atomic E-state index is 0.189. The molecule has 0 spiro atoms. The number of carbonyl (C=O) groups is 1. The maximum absolute atomic E-state index is 13.5. The summed E-state index contributed by atoms with van der Waals surface area (Å²) in [7, 11) is 1.66. The molecule has 0 aliphatic carbocycles. The van der Waals surface area contributed by atoms with Gasteiger partial charge in [-0.15, -0.1) is 0 Å². The summed E-state index contributed by atoms with van der Waals surface area (Å²) in [5, 5.41) is 3.91. The molecule has 1 N–H and O–H groups in total. The van der Waals surface area contributed by atoms with E-state index in [0.717, 1.165) is 11.1 Å². The zero-order valence-electron chi connectivity index (χ0n) is 21.3. The first-order valence-corrected chi connectivity index (χ1v) is 11.8. The van der Waals surface area contributed by atoms with E-state index in [1.807, 2.05) is 58.9 Å². The molecule has 3 aromatic carbocycles. The lowest BCUT2D eigenvalue weighted by atomic mass is 10.00. The number of anilines is 1. The van der Waals surface area contributed by atoms with Crippen molar-refractivity contribution in [2.24, 2.45) is 7.05 Å². The topological polar surface area (TPSA) is 73.2 Å². The van der Waals surface area contributed by atoms with Crippen LogP contribution in [0.3, 0.4) is 0 Å². The quantitative estimate of drug-likeness (QED) is 0.341. The van der Waals surface area contributed by atoms with Crippen LogP contribution in [0.2, 0.25) is 0 Å². The maximum atomic E-state index is 13.5. The Hall–Kier alpha value is -4.00. The normalized spacial score (nSPS) is 12.4. The summed E-state index contributed by atoms with van der Waals surface area (Å²) in [5.41, 5.74) is 3.15. The van der Waals surface area contributed by atoms with Crippen molar-refractivity contribution < 1.29 is 13.9 Å². The number of fused-ring (bicyclic) bond motifs is 1. The van der Waals surface area contributed by atoms with E-state index in [1.165, 1.54) is 16.7 Å². The molecule has 0 aliphatic heterocycles. The Morgan fingerprint density at radius 1 is 1.08 bits per heavy atom. The number of hydrogen-bond acceptors (Lipinski definition) is 5. The van der Waals surface area contributed by atoms with E-state index in [1.54, 1.807) is 31.3 Å². The Morgan fingerprint density at radius 3 is 2.42 bits per heavy atom. The molecule has 4 rings (SSSR count). The number of nitrogens with zero attached hydrogens (tertiary/aromatic N) is 2. The second-order valence-corrected chi connectivity index (χ2v) is 9.97. The number of benzene rings is 3. The Balaban J connectivity index is 1.81. The number of carbonyl (C=O) groups excluding carboxylic acids is 1. The Morgan fingerprint density at radius 2 is 1.75 bits per heavy atom. The first-order valence-electron chi connectivity index (χ1n) is 11.8. The van der Waals surface area contributed by atoms with Crippen LogP contribution in [0.5, 0.6) is 0 Å². The molecule has 1 atom stereocenters. The SMILES string of the molecule is Cc1cc(C(C)Nc2ccccc2C(=O)OC(C)(C)C)c2nc(-c3ccc(F)cc3)n(C)c(=O)c2c1. The van der Waals surface area contributed by atoms with Gasteiger partial charge in [-0.1, -0.05) is 18.2 Å². The fraction of sp³-hybridized carbons (Fsp3) is 0.276. The summed E-state index contributed by atoms with van der Waals surface area (Å²) in [6.07, 6.45) is 0. The molecule has 0 aliphatic rings. The van der Waals surface area contributed by atoms with Crippen molar-refractivity contribution >= 4 is 22.6 Å². The summed E-state index contributed by atoms with van der Waals surface area (Å²) < 4.78 is 20.6. The fourth-order valence-corrected chi connectivity index (χ4v) is 4.17. The van der Waals surface area contributed by atoms with E-state index < -0.39 is 11.6 Å². The minimum Gasteiger partial charge on any atom is -0.456 e. The Labute approximate surface area is 209 Å². The molecule has 0 saturated heterocycles. The van der Waals surface area contributed by atoms with E-state index in [4.69, 9.17) is 9.72 Å². The third kappa shape index (κ3) is 5.15. The summed E-state index contributed by atoms with van der Waals surface area (Å²) in [6, 6.07) is 16.6. The zero-order valence-corrected chi connectivity index (χ0v) is 21.3. The smallest absolute Gasteiger partial charge is 0.340 e. The van der Waals surface area contributed by atoms with Crippen LogP contribution in [0, 0.1) is 12.7 Å². The van der Waals surface area contributed by atoms with Crippen molar-refractivity contribution in [3.05, 3.63) is 93.5 Å². The van der Waals surface area contributed by atoms with Crippen molar-refractivity contribution in [2.75, 3.05) is 5.32 Å². The van der Waals surface area contributed by atoms with Crippen LogP contribution < -0.4 is 10.9 Å². The van der Waals surface area contributed by atoms with Gasteiger partial charge in [0.2, 0.25) is 0 Å². The van der Waals surface area contributed by atoms with E-state index >= 15 is 0 Å². The lowest BCUT2D eigenvalue weighted by Crippen LogP contribution is -2.25.